The quantitative estimate of drug-likeness (QED) is 0.536. The second-order valence-electron chi connectivity index (χ2n) is 5.91. The number of nitrogens with zero attached hydrogens (tertiary/aromatic N) is 1. The van der Waals surface area contributed by atoms with Gasteiger partial charge in [0.15, 0.2) is 0 Å². The van der Waals surface area contributed by atoms with Gasteiger partial charge in [-0.15, -0.1) is 6.58 Å². The first-order valence-electron chi connectivity index (χ1n) is 7.96. The Balaban J connectivity index is 2.11. The van der Waals surface area contributed by atoms with Gasteiger partial charge in [0, 0.05) is 12.3 Å². The highest BCUT2D eigenvalue weighted by Crippen LogP contribution is 2.33. The Bertz CT molecular complexity index is 692. The van der Waals surface area contributed by atoms with Gasteiger partial charge in [-0.2, -0.15) is 0 Å². The molecule has 1 unspecified atom stereocenters. The summed E-state index contributed by atoms with van der Waals surface area (Å²) in [5, 5.41) is 0. The lowest BCUT2D eigenvalue weighted by Gasteiger charge is -2.27. The maximum Gasteiger partial charge on any atom is 0.339 e. The number of benzene rings is 1. The second-order valence-corrected chi connectivity index (χ2v) is 5.91. The van der Waals surface area contributed by atoms with Crippen LogP contribution in [-0.2, 0) is 10.2 Å². The largest absolute Gasteiger partial charge is 0.465 e. The average Bonchev–Trinajstić information content (AvgIpc) is 2.62. The lowest BCUT2D eigenvalue weighted by molar-refractivity contribution is 0.0600. The van der Waals surface area contributed by atoms with Crippen LogP contribution in [0.5, 0.6) is 11.6 Å². The standard InChI is InChI=1S/C20H23NO3/c1-5-13-20(3,6-2)16-8-10-17(11-9-16)24-18-12-7-15(14-21-18)19(22)23-4/h5,7-12,14H,1,6,13H2,2-4H3. The van der Waals surface area contributed by atoms with Crippen LogP contribution >= 0.6 is 0 Å². The number of hydrogen-bond acceptors (Lipinski definition) is 4. The van der Waals surface area contributed by atoms with Gasteiger partial charge in [-0.1, -0.05) is 32.1 Å². The Hall–Kier alpha value is -2.62. The van der Waals surface area contributed by atoms with Gasteiger partial charge in [-0.25, -0.2) is 9.78 Å². The van der Waals surface area contributed by atoms with Gasteiger partial charge in [0.2, 0.25) is 5.88 Å². The summed E-state index contributed by atoms with van der Waals surface area (Å²) >= 11 is 0. The van der Waals surface area contributed by atoms with Crippen LogP contribution in [0.15, 0.2) is 55.3 Å². The number of hydrogen-bond donors (Lipinski definition) is 0. The number of esters is 1. The summed E-state index contributed by atoms with van der Waals surface area (Å²) in [5.41, 5.74) is 1.73. The molecule has 126 valence electrons. The number of ether oxygens (including phenoxy) is 2. The Morgan fingerprint density at radius 1 is 1.25 bits per heavy atom. The molecule has 1 heterocycles. The molecule has 0 fully saturated rings. The summed E-state index contributed by atoms with van der Waals surface area (Å²) in [6, 6.07) is 11.3. The van der Waals surface area contributed by atoms with E-state index in [1.54, 1.807) is 12.1 Å². The molecule has 1 atom stereocenters. The van der Waals surface area contributed by atoms with E-state index in [1.165, 1.54) is 18.9 Å². The van der Waals surface area contributed by atoms with E-state index in [-0.39, 0.29) is 5.41 Å². The first-order valence-corrected chi connectivity index (χ1v) is 7.96. The molecule has 1 aromatic carbocycles. The molecule has 0 saturated carbocycles. The van der Waals surface area contributed by atoms with Crippen LogP contribution in [0.25, 0.3) is 0 Å². The molecule has 2 aromatic rings. The molecule has 0 saturated heterocycles. The van der Waals surface area contributed by atoms with Crippen LogP contribution in [-0.4, -0.2) is 18.1 Å². The number of carbonyl (C=O) groups excluding carboxylic acids is 1. The van der Waals surface area contributed by atoms with E-state index >= 15 is 0 Å². The third-order valence-corrected chi connectivity index (χ3v) is 4.31. The van der Waals surface area contributed by atoms with Crippen molar-refractivity contribution >= 4 is 5.97 Å². The number of methoxy groups -OCH3 is 1. The summed E-state index contributed by atoms with van der Waals surface area (Å²) in [6.45, 7) is 8.27. The third-order valence-electron chi connectivity index (χ3n) is 4.31. The van der Waals surface area contributed by atoms with E-state index in [4.69, 9.17) is 4.74 Å². The summed E-state index contributed by atoms with van der Waals surface area (Å²) in [4.78, 5) is 15.5. The van der Waals surface area contributed by atoms with Crippen molar-refractivity contribution in [1.82, 2.24) is 4.98 Å². The van der Waals surface area contributed by atoms with Crippen LogP contribution < -0.4 is 4.74 Å². The fourth-order valence-electron chi connectivity index (χ4n) is 2.51. The van der Waals surface area contributed by atoms with Gasteiger partial charge in [-0.3, -0.25) is 0 Å². The van der Waals surface area contributed by atoms with Crippen molar-refractivity contribution in [3.8, 4) is 11.6 Å². The van der Waals surface area contributed by atoms with E-state index < -0.39 is 5.97 Å². The van der Waals surface area contributed by atoms with Crippen molar-refractivity contribution < 1.29 is 14.3 Å². The Morgan fingerprint density at radius 2 is 1.96 bits per heavy atom. The van der Waals surface area contributed by atoms with Gasteiger partial charge in [0.1, 0.15) is 5.75 Å². The van der Waals surface area contributed by atoms with E-state index in [0.717, 1.165) is 12.8 Å². The van der Waals surface area contributed by atoms with Crippen molar-refractivity contribution in [2.24, 2.45) is 0 Å². The van der Waals surface area contributed by atoms with Gasteiger partial charge in [0.25, 0.3) is 0 Å². The van der Waals surface area contributed by atoms with Crippen molar-refractivity contribution in [2.45, 2.75) is 32.1 Å². The summed E-state index contributed by atoms with van der Waals surface area (Å²) in [7, 11) is 1.34. The van der Waals surface area contributed by atoms with Crippen molar-refractivity contribution in [3.63, 3.8) is 0 Å². The average molecular weight is 325 g/mol. The Labute approximate surface area is 143 Å². The smallest absolute Gasteiger partial charge is 0.339 e. The molecular weight excluding hydrogens is 302 g/mol. The lowest BCUT2D eigenvalue weighted by Crippen LogP contribution is -2.19. The molecule has 0 aliphatic carbocycles. The van der Waals surface area contributed by atoms with Crippen LogP contribution in [0.3, 0.4) is 0 Å². The highest BCUT2D eigenvalue weighted by molar-refractivity contribution is 5.88. The van der Waals surface area contributed by atoms with Crippen molar-refractivity contribution in [2.75, 3.05) is 7.11 Å². The molecule has 0 N–H and O–H groups in total. The molecule has 0 amide bonds. The molecule has 4 nitrogen and oxygen atoms in total. The fraction of sp³-hybridized carbons (Fsp3) is 0.300. The molecule has 24 heavy (non-hydrogen) atoms. The van der Waals surface area contributed by atoms with E-state index in [2.05, 4.69) is 42.3 Å². The molecule has 1 aromatic heterocycles. The zero-order valence-electron chi connectivity index (χ0n) is 14.4. The normalized spacial score (nSPS) is 13.0. The first-order chi connectivity index (χ1) is 11.5. The zero-order chi connectivity index (χ0) is 17.6. The minimum atomic E-state index is -0.417. The SMILES string of the molecule is C=CCC(C)(CC)c1ccc(Oc2ccc(C(=O)OC)cn2)cc1. The van der Waals surface area contributed by atoms with Crippen molar-refractivity contribution in [1.29, 1.82) is 0 Å². The number of carbonyl (C=O) groups is 1. The Kier molecular flexibility index (Phi) is 5.74. The molecule has 0 aliphatic rings. The minimum absolute atomic E-state index is 0.0840. The van der Waals surface area contributed by atoms with Crippen molar-refractivity contribution in [3.05, 3.63) is 66.4 Å². The summed E-state index contributed by atoms with van der Waals surface area (Å²) < 4.78 is 10.4. The molecule has 4 heteroatoms. The highest BCUT2D eigenvalue weighted by atomic mass is 16.5. The first kappa shape index (κ1) is 17.7. The maximum atomic E-state index is 11.4. The fourth-order valence-corrected chi connectivity index (χ4v) is 2.51. The predicted octanol–water partition coefficient (Wildman–Crippen LogP) is 4.90. The predicted molar refractivity (Wildman–Crippen MR) is 94.5 cm³/mol. The molecule has 0 aliphatic heterocycles. The number of aromatic nitrogens is 1. The van der Waals surface area contributed by atoms with Gasteiger partial charge in [-0.05, 0) is 42.0 Å². The summed E-state index contributed by atoms with van der Waals surface area (Å²) in [6.07, 6.45) is 5.37. The van der Waals surface area contributed by atoms with Crippen LogP contribution in [0.2, 0.25) is 0 Å². The number of pyridine rings is 1. The molecule has 2 rings (SSSR count). The van der Waals surface area contributed by atoms with Crippen LogP contribution in [0, 0.1) is 0 Å². The lowest BCUT2D eigenvalue weighted by atomic mass is 9.77. The monoisotopic (exact) mass is 325 g/mol. The van der Waals surface area contributed by atoms with Crippen LogP contribution in [0.4, 0.5) is 0 Å². The molecular formula is C20H23NO3. The second kappa shape index (κ2) is 7.77. The van der Waals surface area contributed by atoms with E-state index in [0.29, 0.717) is 17.2 Å². The molecule has 0 spiro atoms. The molecule has 0 bridgehead atoms. The number of allylic oxidation sites excluding steroid dienone is 1. The topological polar surface area (TPSA) is 48.4 Å². The van der Waals surface area contributed by atoms with E-state index in [9.17, 15) is 4.79 Å². The summed E-state index contributed by atoms with van der Waals surface area (Å²) in [5.74, 6) is 0.716. The van der Waals surface area contributed by atoms with Gasteiger partial charge in [0.05, 0.1) is 12.7 Å². The Morgan fingerprint density at radius 3 is 2.46 bits per heavy atom. The molecule has 0 radical (unpaired) electrons. The van der Waals surface area contributed by atoms with E-state index in [1.807, 2.05) is 18.2 Å². The zero-order valence-corrected chi connectivity index (χ0v) is 14.4. The third kappa shape index (κ3) is 4.02. The highest BCUT2D eigenvalue weighted by Gasteiger charge is 2.22. The van der Waals surface area contributed by atoms with Crippen LogP contribution in [0.1, 0.15) is 42.6 Å². The van der Waals surface area contributed by atoms with Gasteiger partial charge < -0.3 is 9.47 Å². The minimum Gasteiger partial charge on any atom is -0.465 e. The maximum absolute atomic E-state index is 11.4. The van der Waals surface area contributed by atoms with Gasteiger partial charge >= 0.3 is 5.97 Å². The number of rotatable bonds is 7.